The van der Waals surface area contributed by atoms with Gasteiger partial charge in [0.1, 0.15) is 6.29 Å². The molecule has 0 saturated heterocycles. The first-order valence-electron chi connectivity index (χ1n) is 4.64. The van der Waals surface area contributed by atoms with Crippen LogP contribution in [0.1, 0.15) is 16.1 Å². The highest BCUT2D eigenvalue weighted by Crippen LogP contribution is 2.19. The van der Waals surface area contributed by atoms with Gasteiger partial charge in [-0.05, 0) is 13.0 Å². The van der Waals surface area contributed by atoms with E-state index in [9.17, 15) is 4.79 Å². The van der Waals surface area contributed by atoms with Gasteiger partial charge in [-0.25, -0.2) is 0 Å². The highest BCUT2D eigenvalue weighted by Gasteiger charge is 2.03. The van der Waals surface area contributed by atoms with Crippen LogP contribution in [0, 0.1) is 6.92 Å². The molecule has 2 rings (SSSR count). The van der Waals surface area contributed by atoms with E-state index in [0.29, 0.717) is 5.56 Å². The van der Waals surface area contributed by atoms with Crippen molar-refractivity contribution >= 4 is 6.29 Å². The molecule has 0 spiro atoms. The van der Waals surface area contributed by atoms with Gasteiger partial charge in [0, 0.05) is 23.5 Å². The normalized spacial score (nSPS) is 9.93. The smallest absolute Gasteiger partial charge is 0.150 e. The Morgan fingerprint density at radius 3 is 2.73 bits per heavy atom. The van der Waals surface area contributed by atoms with Crippen molar-refractivity contribution in [2.75, 3.05) is 0 Å². The Morgan fingerprint density at radius 1 is 1.20 bits per heavy atom. The maximum Gasteiger partial charge on any atom is 0.150 e. The lowest BCUT2D eigenvalue weighted by Crippen LogP contribution is -1.91. The van der Waals surface area contributed by atoms with Crippen LogP contribution in [-0.2, 0) is 0 Å². The molecule has 1 aromatic carbocycles. The van der Waals surface area contributed by atoms with Crippen LogP contribution in [-0.4, -0.2) is 16.3 Å². The third-order valence-corrected chi connectivity index (χ3v) is 2.18. The van der Waals surface area contributed by atoms with Crippen molar-refractivity contribution in [1.82, 2.24) is 9.97 Å². The number of rotatable bonds is 2. The Morgan fingerprint density at radius 2 is 2.00 bits per heavy atom. The summed E-state index contributed by atoms with van der Waals surface area (Å²) in [5.74, 6) is 0. The minimum Gasteiger partial charge on any atom is -0.298 e. The molecule has 0 saturated carbocycles. The summed E-state index contributed by atoms with van der Waals surface area (Å²) in [4.78, 5) is 19.0. The van der Waals surface area contributed by atoms with E-state index in [1.165, 1.54) is 0 Å². The fourth-order valence-electron chi connectivity index (χ4n) is 1.45. The van der Waals surface area contributed by atoms with Crippen molar-refractivity contribution in [3.8, 4) is 11.3 Å². The van der Waals surface area contributed by atoms with Crippen LogP contribution >= 0.6 is 0 Å². The quantitative estimate of drug-likeness (QED) is 0.695. The first kappa shape index (κ1) is 9.52. The highest BCUT2D eigenvalue weighted by molar-refractivity contribution is 5.78. The van der Waals surface area contributed by atoms with E-state index in [1.807, 2.05) is 25.1 Å². The summed E-state index contributed by atoms with van der Waals surface area (Å²) in [6.07, 6.45) is 4.13. The Kier molecular flexibility index (Phi) is 2.54. The van der Waals surface area contributed by atoms with Crippen molar-refractivity contribution in [3.63, 3.8) is 0 Å². The molecule has 1 heterocycles. The third kappa shape index (κ3) is 1.91. The summed E-state index contributed by atoms with van der Waals surface area (Å²) >= 11 is 0. The second-order valence-electron chi connectivity index (χ2n) is 3.23. The SMILES string of the molecule is Cc1nccnc1-c1cccc(C=O)c1. The molecule has 0 bridgehead atoms. The molecule has 0 aliphatic rings. The Bertz CT molecular complexity index is 494. The van der Waals surface area contributed by atoms with E-state index in [-0.39, 0.29) is 0 Å². The third-order valence-electron chi connectivity index (χ3n) is 2.18. The number of benzene rings is 1. The van der Waals surface area contributed by atoms with Crippen molar-refractivity contribution in [3.05, 3.63) is 47.9 Å². The van der Waals surface area contributed by atoms with Crippen molar-refractivity contribution < 1.29 is 4.79 Å². The maximum absolute atomic E-state index is 10.6. The minimum atomic E-state index is 0.651. The van der Waals surface area contributed by atoms with Crippen molar-refractivity contribution in [1.29, 1.82) is 0 Å². The van der Waals surface area contributed by atoms with Crippen LogP contribution in [0.4, 0.5) is 0 Å². The molecule has 0 unspecified atom stereocenters. The summed E-state index contributed by atoms with van der Waals surface area (Å²) in [6, 6.07) is 7.34. The summed E-state index contributed by atoms with van der Waals surface area (Å²) in [7, 11) is 0. The summed E-state index contributed by atoms with van der Waals surface area (Å²) < 4.78 is 0. The number of carbonyl (C=O) groups is 1. The fraction of sp³-hybridized carbons (Fsp3) is 0.0833. The summed E-state index contributed by atoms with van der Waals surface area (Å²) in [5.41, 5.74) is 3.25. The standard InChI is InChI=1S/C12H10N2O/c1-9-12(14-6-5-13-9)11-4-2-3-10(7-11)8-15/h2-8H,1H3. The first-order valence-corrected chi connectivity index (χ1v) is 4.64. The van der Waals surface area contributed by atoms with Gasteiger partial charge in [0.05, 0.1) is 11.4 Å². The molecule has 74 valence electrons. The number of nitrogens with zero attached hydrogens (tertiary/aromatic N) is 2. The van der Waals surface area contributed by atoms with E-state index in [2.05, 4.69) is 9.97 Å². The predicted octanol–water partition coefficient (Wildman–Crippen LogP) is 2.26. The molecule has 0 aliphatic heterocycles. The molecule has 3 nitrogen and oxygen atoms in total. The average Bonchev–Trinajstić information content (AvgIpc) is 2.30. The van der Waals surface area contributed by atoms with Crippen molar-refractivity contribution in [2.45, 2.75) is 6.92 Å². The lowest BCUT2D eigenvalue weighted by Gasteiger charge is -2.03. The Labute approximate surface area is 87.8 Å². The largest absolute Gasteiger partial charge is 0.298 e. The van der Waals surface area contributed by atoms with E-state index in [1.54, 1.807) is 18.5 Å². The van der Waals surface area contributed by atoms with Gasteiger partial charge in [-0.1, -0.05) is 18.2 Å². The average molecular weight is 198 g/mol. The van der Waals surface area contributed by atoms with Gasteiger partial charge in [-0.15, -0.1) is 0 Å². The molecule has 15 heavy (non-hydrogen) atoms. The maximum atomic E-state index is 10.6. The van der Waals surface area contributed by atoms with Crippen LogP contribution in [0.5, 0.6) is 0 Å². The lowest BCUT2D eigenvalue weighted by atomic mass is 10.1. The fourth-order valence-corrected chi connectivity index (χ4v) is 1.45. The first-order chi connectivity index (χ1) is 7.31. The van der Waals surface area contributed by atoms with Gasteiger partial charge in [-0.2, -0.15) is 0 Å². The van der Waals surface area contributed by atoms with E-state index >= 15 is 0 Å². The van der Waals surface area contributed by atoms with Gasteiger partial charge >= 0.3 is 0 Å². The molecule has 0 atom stereocenters. The molecule has 3 heteroatoms. The van der Waals surface area contributed by atoms with Gasteiger partial charge in [-0.3, -0.25) is 14.8 Å². The number of hydrogen-bond donors (Lipinski definition) is 0. The molecular weight excluding hydrogens is 188 g/mol. The number of aryl methyl sites for hydroxylation is 1. The van der Waals surface area contributed by atoms with Crippen LogP contribution < -0.4 is 0 Å². The van der Waals surface area contributed by atoms with Crippen LogP contribution in [0.2, 0.25) is 0 Å². The monoisotopic (exact) mass is 198 g/mol. The molecule has 1 aromatic heterocycles. The minimum absolute atomic E-state index is 0.651. The number of aromatic nitrogens is 2. The molecule has 0 amide bonds. The van der Waals surface area contributed by atoms with E-state index < -0.39 is 0 Å². The van der Waals surface area contributed by atoms with Gasteiger partial charge in [0.25, 0.3) is 0 Å². The van der Waals surface area contributed by atoms with Crippen LogP contribution in [0.15, 0.2) is 36.7 Å². The van der Waals surface area contributed by atoms with Gasteiger partial charge < -0.3 is 0 Å². The molecule has 0 aliphatic carbocycles. The van der Waals surface area contributed by atoms with Crippen LogP contribution in [0.25, 0.3) is 11.3 Å². The predicted molar refractivity (Wildman–Crippen MR) is 57.6 cm³/mol. The summed E-state index contributed by atoms with van der Waals surface area (Å²) in [5, 5.41) is 0. The zero-order chi connectivity index (χ0) is 10.7. The lowest BCUT2D eigenvalue weighted by molar-refractivity contribution is 0.112. The highest BCUT2D eigenvalue weighted by atomic mass is 16.1. The molecule has 0 fully saturated rings. The molecular formula is C12H10N2O. The summed E-state index contributed by atoms with van der Waals surface area (Å²) in [6.45, 7) is 1.90. The Balaban J connectivity index is 2.54. The molecule has 2 aromatic rings. The molecule has 0 N–H and O–H groups in total. The number of aldehydes is 1. The van der Waals surface area contributed by atoms with Crippen molar-refractivity contribution in [2.24, 2.45) is 0 Å². The zero-order valence-corrected chi connectivity index (χ0v) is 8.34. The molecule has 0 radical (unpaired) electrons. The van der Waals surface area contributed by atoms with E-state index in [4.69, 9.17) is 0 Å². The van der Waals surface area contributed by atoms with E-state index in [0.717, 1.165) is 23.2 Å². The second kappa shape index (κ2) is 4.00. The van der Waals surface area contributed by atoms with Crippen LogP contribution in [0.3, 0.4) is 0 Å². The van der Waals surface area contributed by atoms with Gasteiger partial charge in [0.2, 0.25) is 0 Å². The number of hydrogen-bond acceptors (Lipinski definition) is 3. The topological polar surface area (TPSA) is 42.9 Å². The zero-order valence-electron chi connectivity index (χ0n) is 8.34. The van der Waals surface area contributed by atoms with Gasteiger partial charge in [0.15, 0.2) is 0 Å². The second-order valence-corrected chi connectivity index (χ2v) is 3.23. The Hall–Kier alpha value is -2.03. The number of carbonyl (C=O) groups excluding carboxylic acids is 1.